The number of hydrogen-bond donors (Lipinski definition) is 3. The van der Waals surface area contributed by atoms with E-state index in [0.29, 0.717) is 18.8 Å². The molecule has 4 saturated carbocycles. The molecule has 196 valence electrons. The van der Waals surface area contributed by atoms with Crippen LogP contribution >= 0.6 is 0 Å². The van der Waals surface area contributed by atoms with Gasteiger partial charge in [0.25, 0.3) is 0 Å². The maximum absolute atomic E-state index is 14.2. The van der Waals surface area contributed by atoms with Crippen LogP contribution in [0.15, 0.2) is 11.6 Å². The van der Waals surface area contributed by atoms with Gasteiger partial charge in [-0.1, -0.05) is 47.1 Å². The Morgan fingerprint density at radius 1 is 0.886 bits per heavy atom. The molecule has 0 heterocycles. The van der Waals surface area contributed by atoms with E-state index in [4.69, 9.17) is 0 Å². The fourth-order valence-electron chi connectivity index (χ4n) is 10.5. The van der Waals surface area contributed by atoms with E-state index >= 15 is 0 Å². The van der Waals surface area contributed by atoms with E-state index in [-0.39, 0.29) is 50.8 Å². The normalized spacial score (nSPS) is 55.1. The van der Waals surface area contributed by atoms with Crippen molar-refractivity contribution >= 4 is 11.8 Å². The average molecular weight is 487 g/mol. The second-order valence-electron chi connectivity index (χ2n) is 15.0. The third kappa shape index (κ3) is 2.94. The van der Waals surface area contributed by atoms with Gasteiger partial charge in [-0.2, -0.15) is 0 Å². The van der Waals surface area contributed by atoms with Crippen molar-refractivity contribution < 1.29 is 24.9 Å². The lowest BCUT2D eigenvalue weighted by atomic mass is 9.33. The number of hydrogen-bond acceptors (Lipinski definition) is 4. The number of aliphatic hydroxyl groups is 2. The molecule has 0 aromatic rings. The number of carbonyl (C=O) groups is 2. The zero-order valence-electron chi connectivity index (χ0n) is 22.8. The predicted molar refractivity (Wildman–Crippen MR) is 134 cm³/mol. The first-order valence-corrected chi connectivity index (χ1v) is 13.8. The van der Waals surface area contributed by atoms with Gasteiger partial charge in [-0.05, 0) is 103 Å². The summed E-state index contributed by atoms with van der Waals surface area (Å²) in [5.41, 5.74) is -0.977. The van der Waals surface area contributed by atoms with Crippen molar-refractivity contribution in [3.8, 4) is 0 Å². The fourth-order valence-corrected chi connectivity index (χ4v) is 10.5. The number of allylic oxidation sites excluding steroid dienone is 2. The van der Waals surface area contributed by atoms with Crippen LogP contribution in [0.1, 0.15) is 99.8 Å². The molecule has 35 heavy (non-hydrogen) atoms. The first-order valence-electron chi connectivity index (χ1n) is 13.8. The summed E-state index contributed by atoms with van der Waals surface area (Å²) in [6, 6.07) is 0. The zero-order chi connectivity index (χ0) is 26.0. The van der Waals surface area contributed by atoms with Crippen molar-refractivity contribution in [1.29, 1.82) is 0 Å². The average Bonchev–Trinajstić information content (AvgIpc) is 2.74. The van der Waals surface area contributed by atoms with Crippen LogP contribution < -0.4 is 0 Å². The lowest BCUT2D eigenvalue weighted by Gasteiger charge is -2.70. The molecule has 10 atom stereocenters. The minimum atomic E-state index is -1.20. The van der Waals surface area contributed by atoms with Gasteiger partial charge < -0.3 is 15.3 Å². The molecule has 0 amide bonds. The van der Waals surface area contributed by atoms with Crippen LogP contribution in [0.25, 0.3) is 0 Å². The highest BCUT2D eigenvalue weighted by Gasteiger charge is 2.70. The summed E-state index contributed by atoms with van der Waals surface area (Å²) >= 11 is 0. The zero-order valence-corrected chi connectivity index (χ0v) is 22.8. The Morgan fingerprint density at radius 2 is 1.54 bits per heavy atom. The highest BCUT2D eigenvalue weighted by molar-refractivity contribution is 5.95. The Hall–Kier alpha value is -1.20. The molecule has 0 saturated heterocycles. The monoisotopic (exact) mass is 486 g/mol. The van der Waals surface area contributed by atoms with E-state index in [1.165, 1.54) is 0 Å². The molecule has 4 fully saturated rings. The molecule has 5 heteroatoms. The SMILES string of the molecule is CC1(C)[C@@H](O)CC[C@]2(C)[C@H]3C(=O)C=C4[C@@H]5C[C@](C)(C(=O)O)[C@H](O)C[C@]5(C)CC[C@@]4(C)[C@]3(C)CC[C@@H]12. The Morgan fingerprint density at radius 3 is 2.17 bits per heavy atom. The Labute approximate surface area is 210 Å². The van der Waals surface area contributed by atoms with Crippen molar-refractivity contribution in [2.75, 3.05) is 0 Å². The Kier molecular flexibility index (Phi) is 5.25. The summed E-state index contributed by atoms with van der Waals surface area (Å²) in [6.45, 7) is 15.3. The number of carboxylic acids is 1. The third-order valence-corrected chi connectivity index (χ3v) is 13.2. The number of aliphatic hydroxyl groups excluding tert-OH is 2. The topological polar surface area (TPSA) is 94.8 Å². The molecule has 0 spiro atoms. The van der Waals surface area contributed by atoms with Gasteiger partial charge in [0.05, 0.1) is 17.6 Å². The number of rotatable bonds is 1. The highest BCUT2D eigenvalue weighted by atomic mass is 16.4. The minimum Gasteiger partial charge on any atom is -0.481 e. The number of carboxylic acid groups (broad SMARTS) is 1. The van der Waals surface area contributed by atoms with Crippen molar-refractivity contribution in [2.45, 2.75) is 112 Å². The predicted octanol–water partition coefficient (Wildman–Crippen LogP) is 5.38. The number of fused-ring (bicyclic) bond motifs is 7. The van der Waals surface area contributed by atoms with Gasteiger partial charge in [0.2, 0.25) is 0 Å². The maximum atomic E-state index is 14.2. The van der Waals surface area contributed by atoms with Gasteiger partial charge in [-0.15, -0.1) is 0 Å². The van der Waals surface area contributed by atoms with Crippen LogP contribution in [0.5, 0.6) is 0 Å². The summed E-state index contributed by atoms with van der Waals surface area (Å²) < 4.78 is 0. The summed E-state index contributed by atoms with van der Waals surface area (Å²) in [5.74, 6) is -0.525. The largest absolute Gasteiger partial charge is 0.481 e. The molecule has 0 unspecified atom stereocenters. The molecule has 5 aliphatic rings. The second-order valence-corrected chi connectivity index (χ2v) is 15.0. The van der Waals surface area contributed by atoms with Crippen LogP contribution in [0.4, 0.5) is 0 Å². The fraction of sp³-hybridized carbons (Fsp3) is 0.867. The van der Waals surface area contributed by atoms with E-state index in [2.05, 4.69) is 41.5 Å². The van der Waals surface area contributed by atoms with Crippen LogP contribution in [0.2, 0.25) is 0 Å². The van der Waals surface area contributed by atoms with Crippen molar-refractivity contribution in [3.05, 3.63) is 11.6 Å². The molecule has 3 N–H and O–H groups in total. The standard InChI is InChI=1S/C30H46O5/c1-25(2)20-8-11-30(7)23(27(20,4)10-9-21(25)32)19(31)14-17-18-15-28(5,24(34)35)22(33)16-26(18,3)12-13-29(17,30)6/h14,18,20-23,32-33H,8-13,15-16H2,1-7H3,(H,34,35)/t18-,20-,21-,22+,23+,26-,27-,28-,29+,30+/m0/s1. The molecular weight excluding hydrogens is 440 g/mol. The molecule has 5 rings (SSSR count). The van der Waals surface area contributed by atoms with Crippen molar-refractivity contribution in [2.24, 2.45) is 50.2 Å². The van der Waals surface area contributed by atoms with E-state index in [0.717, 1.165) is 44.1 Å². The first-order chi connectivity index (χ1) is 16.0. The van der Waals surface area contributed by atoms with Gasteiger partial charge in [-0.25, -0.2) is 0 Å². The third-order valence-electron chi connectivity index (χ3n) is 13.2. The van der Waals surface area contributed by atoms with Gasteiger partial charge in [0, 0.05) is 5.92 Å². The number of aliphatic carboxylic acids is 1. The quantitative estimate of drug-likeness (QED) is 0.462. The molecule has 0 radical (unpaired) electrons. The van der Waals surface area contributed by atoms with E-state index < -0.39 is 17.5 Å². The Bertz CT molecular complexity index is 999. The molecule has 0 aromatic carbocycles. The lowest BCUT2D eigenvalue weighted by molar-refractivity contribution is -0.205. The number of ketones is 1. The molecular formula is C30H46O5. The molecule has 5 nitrogen and oxygen atoms in total. The summed E-state index contributed by atoms with van der Waals surface area (Å²) in [6.07, 6.45) is 7.08. The first kappa shape index (κ1) is 25.4. The van der Waals surface area contributed by atoms with Gasteiger partial charge >= 0.3 is 5.97 Å². The van der Waals surface area contributed by atoms with Crippen molar-refractivity contribution in [3.63, 3.8) is 0 Å². The minimum absolute atomic E-state index is 0.0115. The summed E-state index contributed by atoms with van der Waals surface area (Å²) in [7, 11) is 0. The van der Waals surface area contributed by atoms with Gasteiger partial charge in [0.15, 0.2) is 5.78 Å². The van der Waals surface area contributed by atoms with Gasteiger partial charge in [0.1, 0.15) is 0 Å². The van der Waals surface area contributed by atoms with E-state index in [9.17, 15) is 24.9 Å². The van der Waals surface area contributed by atoms with Crippen LogP contribution in [0, 0.1) is 50.2 Å². The lowest BCUT2D eigenvalue weighted by Crippen LogP contribution is -2.67. The summed E-state index contributed by atoms with van der Waals surface area (Å²) in [4.78, 5) is 26.5. The maximum Gasteiger partial charge on any atom is 0.312 e. The molecule has 5 aliphatic carbocycles. The number of carbonyl (C=O) groups excluding carboxylic acids is 1. The Balaban J connectivity index is 1.63. The van der Waals surface area contributed by atoms with E-state index in [1.807, 2.05) is 6.08 Å². The molecule has 0 aromatic heterocycles. The van der Waals surface area contributed by atoms with Gasteiger partial charge in [-0.3, -0.25) is 9.59 Å². The van der Waals surface area contributed by atoms with Crippen LogP contribution in [-0.4, -0.2) is 39.3 Å². The van der Waals surface area contributed by atoms with Crippen LogP contribution in [-0.2, 0) is 9.59 Å². The molecule has 0 aliphatic heterocycles. The van der Waals surface area contributed by atoms with Crippen molar-refractivity contribution in [1.82, 2.24) is 0 Å². The van der Waals surface area contributed by atoms with E-state index in [1.54, 1.807) is 6.92 Å². The van der Waals surface area contributed by atoms with Crippen LogP contribution in [0.3, 0.4) is 0 Å². The second kappa shape index (κ2) is 7.22. The summed E-state index contributed by atoms with van der Waals surface area (Å²) in [5, 5.41) is 31.8. The smallest absolute Gasteiger partial charge is 0.312 e. The highest BCUT2D eigenvalue weighted by Crippen LogP contribution is 2.75. The molecule has 0 bridgehead atoms.